The highest BCUT2D eigenvalue weighted by molar-refractivity contribution is 5.74. The molecule has 2 rings (SSSR count). The minimum atomic E-state index is -0.0610. The lowest BCUT2D eigenvalue weighted by atomic mass is 10.1. The van der Waals surface area contributed by atoms with Crippen LogP contribution in [0.5, 0.6) is 0 Å². The van der Waals surface area contributed by atoms with E-state index in [1.807, 2.05) is 26.1 Å². The van der Waals surface area contributed by atoms with Gasteiger partial charge in [0, 0.05) is 44.6 Å². The predicted molar refractivity (Wildman–Crippen MR) is 90.3 cm³/mol. The number of carbonyl (C=O) groups is 1. The van der Waals surface area contributed by atoms with Crippen LogP contribution >= 0.6 is 0 Å². The Morgan fingerprint density at radius 3 is 3.00 bits per heavy atom. The number of ether oxygens (including phenoxy) is 1. The number of rotatable bonds is 5. The largest absolute Gasteiger partial charge is 0.379 e. The van der Waals surface area contributed by atoms with Crippen LogP contribution in [-0.2, 0) is 4.74 Å². The fourth-order valence-electron chi connectivity index (χ4n) is 2.89. The van der Waals surface area contributed by atoms with Crippen molar-refractivity contribution >= 4 is 6.03 Å². The van der Waals surface area contributed by atoms with Crippen LogP contribution in [0.3, 0.4) is 0 Å². The van der Waals surface area contributed by atoms with Gasteiger partial charge in [-0.05, 0) is 32.4 Å². The van der Waals surface area contributed by atoms with Crippen LogP contribution in [-0.4, -0.2) is 66.2 Å². The number of amides is 2. The molecule has 3 unspecified atom stereocenters. The smallest absolute Gasteiger partial charge is 0.317 e. The van der Waals surface area contributed by atoms with Crippen molar-refractivity contribution in [3.8, 4) is 0 Å². The van der Waals surface area contributed by atoms with Gasteiger partial charge < -0.3 is 15.0 Å². The van der Waals surface area contributed by atoms with Crippen molar-refractivity contribution in [2.24, 2.45) is 0 Å². The predicted octanol–water partition coefficient (Wildman–Crippen LogP) is 1.89. The zero-order chi connectivity index (χ0) is 16.8. The summed E-state index contributed by atoms with van der Waals surface area (Å²) in [6.07, 6.45) is 3.54. The van der Waals surface area contributed by atoms with Crippen LogP contribution in [0, 0.1) is 0 Å². The third-order valence-corrected chi connectivity index (χ3v) is 4.60. The quantitative estimate of drug-likeness (QED) is 0.900. The topological polar surface area (TPSA) is 57.7 Å². The average molecular weight is 320 g/mol. The lowest BCUT2D eigenvalue weighted by molar-refractivity contribution is -0.0178. The number of morpholine rings is 1. The van der Waals surface area contributed by atoms with Crippen LogP contribution < -0.4 is 5.32 Å². The van der Waals surface area contributed by atoms with Gasteiger partial charge in [-0.2, -0.15) is 0 Å². The Hall–Kier alpha value is -1.66. The van der Waals surface area contributed by atoms with Gasteiger partial charge in [-0.15, -0.1) is 0 Å². The van der Waals surface area contributed by atoms with Crippen molar-refractivity contribution in [1.29, 1.82) is 0 Å². The molecule has 1 N–H and O–H groups in total. The molecular weight excluding hydrogens is 292 g/mol. The monoisotopic (exact) mass is 320 g/mol. The maximum absolute atomic E-state index is 12.4. The highest BCUT2D eigenvalue weighted by Crippen LogP contribution is 2.17. The van der Waals surface area contributed by atoms with Gasteiger partial charge in [-0.1, -0.05) is 6.07 Å². The normalized spacial score (nSPS) is 21.5. The molecule has 0 radical (unpaired) electrons. The van der Waals surface area contributed by atoms with E-state index >= 15 is 0 Å². The molecule has 1 aromatic heterocycles. The second kappa shape index (κ2) is 8.26. The van der Waals surface area contributed by atoms with Crippen molar-refractivity contribution in [3.63, 3.8) is 0 Å². The maximum atomic E-state index is 12.4. The van der Waals surface area contributed by atoms with Crippen molar-refractivity contribution in [3.05, 3.63) is 30.1 Å². The summed E-state index contributed by atoms with van der Waals surface area (Å²) in [5.41, 5.74) is 1.03. The SMILES string of the molecule is CC(c1cccnc1)N(C)C(=O)NCC(C)N1CCOCC1C. The fraction of sp³-hybridized carbons (Fsp3) is 0.647. The van der Waals surface area contributed by atoms with E-state index in [2.05, 4.69) is 29.0 Å². The molecule has 23 heavy (non-hydrogen) atoms. The summed E-state index contributed by atoms with van der Waals surface area (Å²) in [6, 6.07) is 4.48. The molecule has 1 aliphatic heterocycles. The summed E-state index contributed by atoms with van der Waals surface area (Å²) < 4.78 is 5.46. The molecule has 6 nitrogen and oxygen atoms in total. The highest BCUT2D eigenvalue weighted by Gasteiger charge is 2.24. The first-order valence-electron chi connectivity index (χ1n) is 8.24. The van der Waals surface area contributed by atoms with Crippen LogP contribution in [0.1, 0.15) is 32.4 Å². The molecule has 6 heteroatoms. The third kappa shape index (κ3) is 4.65. The van der Waals surface area contributed by atoms with Gasteiger partial charge in [-0.3, -0.25) is 9.88 Å². The minimum absolute atomic E-state index is 0.0127. The van der Waals surface area contributed by atoms with Gasteiger partial charge in [0.2, 0.25) is 0 Å². The summed E-state index contributed by atoms with van der Waals surface area (Å²) in [7, 11) is 1.81. The van der Waals surface area contributed by atoms with E-state index in [4.69, 9.17) is 4.74 Å². The molecule has 3 atom stereocenters. The Kier molecular flexibility index (Phi) is 6.36. The van der Waals surface area contributed by atoms with E-state index in [0.29, 0.717) is 18.6 Å². The summed E-state index contributed by atoms with van der Waals surface area (Å²) >= 11 is 0. The van der Waals surface area contributed by atoms with Crippen LogP contribution in [0.4, 0.5) is 4.79 Å². The number of urea groups is 1. The molecule has 1 aromatic rings. The molecule has 0 saturated carbocycles. The summed E-state index contributed by atoms with van der Waals surface area (Å²) in [5.74, 6) is 0. The summed E-state index contributed by atoms with van der Waals surface area (Å²) in [5, 5.41) is 3.03. The van der Waals surface area contributed by atoms with Crippen LogP contribution in [0.15, 0.2) is 24.5 Å². The molecule has 2 amide bonds. The lowest BCUT2D eigenvalue weighted by Crippen LogP contribution is -2.53. The van der Waals surface area contributed by atoms with Crippen LogP contribution in [0.25, 0.3) is 0 Å². The van der Waals surface area contributed by atoms with Gasteiger partial charge in [0.15, 0.2) is 0 Å². The fourth-order valence-corrected chi connectivity index (χ4v) is 2.89. The first kappa shape index (κ1) is 17.7. The molecular formula is C17H28N4O2. The average Bonchev–Trinajstić information content (AvgIpc) is 2.59. The Balaban J connectivity index is 1.84. The number of aromatic nitrogens is 1. The second-order valence-electron chi connectivity index (χ2n) is 6.27. The number of carbonyl (C=O) groups excluding carboxylic acids is 1. The molecule has 0 bridgehead atoms. The van der Waals surface area contributed by atoms with Crippen molar-refractivity contribution in [2.45, 2.75) is 38.9 Å². The summed E-state index contributed by atoms with van der Waals surface area (Å²) in [6.45, 7) is 9.38. The third-order valence-electron chi connectivity index (χ3n) is 4.60. The molecule has 1 saturated heterocycles. The Morgan fingerprint density at radius 1 is 1.57 bits per heavy atom. The van der Waals surface area contributed by atoms with Crippen molar-refractivity contribution in [2.75, 3.05) is 33.4 Å². The van der Waals surface area contributed by atoms with Gasteiger partial charge >= 0.3 is 6.03 Å². The Bertz CT molecular complexity index is 497. The van der Waals surface area contributed by atoms with Gasteiger partial charge in [0.05, 0.1) is 19.3 Å². The molecule has 1 fully saturated rings. The molecule has 0 spiro atoms. The number of nitrogens with one attached hydrogen (secondary N) is 1. The van der Waals surface area contributed by atoms with E-state index in [0.717, 1.165) is 25.3 Å². The molecule has 1 aliphatic rings. The molecule has 0 aliphatic carbocycles. The van der Waals surface area contributed by atoms with Gasteiger partial charge in [-0.25, -0.2) is 4.79 Å². The maximum Gasteiger partial charge on any atom is 0.317 e. The van der Waals surface area contributed by atoms with E-state index in [-0.39, 0.29) is 12.1 Å². The first-order chi connectivity index (χ1) is 11.0. The second-order valence-corrected chi connectivity index (χ2v) is 6.27. The van der Waals surface area contributed by atoms with Crippen molar-refractivity contribution < 1.29 is 9.53 Å². The zero-order valence-electron chi connectivity index (χ0n) is 14.5. The van der Waals surface area contributed by atoms with Gasteiger partial charge in [0.25, 0.3) is 0 Å². The number of pyridine rings is 1. The number of hydrogen-bond donors (Lipinski definition) is 1. The Labute approximate surface area is 138 Å². The Morgan fingerprint density at radius 2 is 2.35 bits per heavy atom. The number of hydrogen-bond acceptors (Lipinski definition) is 4. The lowest BCUT2D eigenvalue weighted by Gasteiger charge is -2.38. The first-order valence-corrected chi connectivity index (χ1v) is 8.24. The number of nitrogens with zero attached hydrogens (tertiary/aromatic N) is 3. The highest BCUT2D eigenvalue weighted by atomic mass is 16.5. The van der Waals surface area contributed by atoms with E-state index in [1.54, 1.807) is 17.3 Å². The van der Waals surface area contributed by atoms with Crippen molar-refractivity contribution in [1.82, 2.24) is 20.1 Å². The van der Waals surface area contributed by atoms with E-state index < -0.39 is 0 Å². The van der Waals surface area contributed by atoms with Crippen LogP contribution in [0.2, 0.25) is 0 Å². The molecule has 128 valence electrons. The molecule has 2 heterocycles. The molecule has 0 aromatic carbocycles. The van der Waals surface area contributed by atoms with E-state index in [1.165, 1.54) is 0 Å². The standard InChI is InChI=1S/C17H28N4O2/c1-13(21-8-9-23-12-14(21)2)10-19-17(22)20(4)15(3)16-6-5-7-18-11-16/h5-7,11,13-15H,8-10,12H2,1-4H3,(H,19,22). The zero-order valence-corrected chi connectivity index (χ0v) is 14.5. The summed E-state index contributed by atoms with van der Waals surface area (Å²) in [4.78, 5) is 20.6. The van der Waals surface area contributed by atoms with E-state index in [9.17, 15) is 4.79 Å². The minimum Gasteiger partial charge on any atom is -0.379 e. The van der Waals surface area contributed by atoms with Gasteiger partial charge in [0.1, 0.15) is 0 Å².